The van der Waals surface area contributed by atoms with Crippen LogP contribution in [0.1, 0.15) is 83.3 Å². The Kier molecular flexibility index (Phi) is 11.3. The molecule has 0 radical (unpaired) electrons. The Morgan fingerprint density at radius 3 is 1.90 bits per heavy atom. The number of hydrogen-bond donors (Lipinski definition) is 0. The number of benzene rings is 3. The molecular formula is C40H44N4O8. The van der Waals surface area contributed by atoms with Crippen molar-refractivity contribution in [2.24, 2.45) is 0 Å². The largest absolute Gasteiger partial charge is 0.460 e. The summed E-state index contributed by atoms with van der Waals surface area (Å²) in [4.78, 5) is 76.5. The van der Waals surface area contributed by atoms with Crippen molar-refractivity contribution in [1.82, 2.24) is 9.55 Å². The molecule has 0 saturated heterocycles. The van der Waals surface area contributed by atoms with E-state index < -0.39 is 52.8 Å². The monoisotopic (exact) mass is 708 g/mol. The number of carbonyl (C=O) groups is 4. The topological polar surface area (TPSA) is 137 Å². The fourth-order valence-corrected chi connectivity index (χ4v) is 5.88. The van der Waals surface area contributed by atoms with Gasteiger partial charge in [0.05, 0.1) is 24.8 Å². The Hall–Kier alpha value is -5.78. The number of esters is 1. The second-order valence-corrected chi connectivity index (χ2v) is 14.5. The first kappa shape index (κ1) is 37.5. The molecular weight excluding hydrogens is 664 g/mol. The van der Waals surface area contributed by atoms with Crippen LogP contribution in [0, 0.1) is 0 Å². The third kappa shape index (κ3) is 9.30. The van der Waals surface area contributed by atoms with Crippen molar-refractivity contribution in [3.05, 3.63) is 124 Å². The molecule has 0 unspecified atom stereocenters. The zero-order valence-corrected chi connectivity index (χ0v) is 30.3. The molecule has 0 aliphatic carbocycles. The van der Waals surface area contributed by atoms with Crippen LogP contribution >= 0.6 is 0 Å². The molecule has 2 heterocycles. The van der Waals surface area contributed by atoms with Crippen LogP contribution < -0.4 is 15.4 Å². The highest BCUT2D eigenvalue weighted by atomic mass is 16.6. The third-order valence-corrected chi connectivity index (χ3v) is 8.02. The van der Waals surface area contributed by atoms with Crippen LogP contribution in [0.4, 0.5) is 21.0 Å². The molecule has 1 aliphatic rings. The second-order valence-electron chi connectivity index (χ2n) is 14.5. The molecule has 12 heteroatoms. The van der Waals surface area contributed by atoms with Gasteiger partial charge in [0.2, 0.25) is 0 Å². The van der Waals surface area contributed by atoms with E-state index in [9.17, 15) is 24.0 Å². The van der Waals surface area contributed by atoms with Crippen LogP contribution in [-0.2, 0) is 37.0 Å². The quantitative estimate of drug-likeness (QED) is 0.129. The SMILES string of the molecule is CC(C)(C)OC(=O)C[C@H]1C[C@@H](C(=O)N(C(=O)OC(C)(C)C)c2ccccc2)n2c1ncc(N(Cc1ccccc1)C(=O)OCc1ccccc1)c2=O. The van der Waals surface area contributed by atoms with Crippen LogP contribution in [-0.4, -0.2) is 44.8 Å². The number of anilines is 2. The van der Waals surface area contributed by atoms with Crippen LogP contribution in [0.25, 0.3) is 0 Å². The van der Waals surface area contributed by atoms with Crippen molar-refractivity contribution in [3.8, 4) is 0 Å². The normalized spacial score (nSPS) is 15.3. The molecule has 1 aromatic heterocycles. The number of amides is 3. The summed E-state index contributed by atoms with van der Waals surface area (Å²) >= 11 is 0. The van der Waals surface area contributed by atoms with Gasteiger partial charge in [-0.15, -0.1) is 0 Å². The van der Waals surface area contributed by atoms with E-state index in [1.807, 2.05) is 36.4 Å². The summed E-state index contributed by atoms with van der Waals surface area (Å²) in [6.45, 7) is 10.2. The summed E-state index contributed by atoms with van der Waals surface area (Å²) < 4.78 is 18.1. The van der Waals surface area contributed by atoms with Gasteiger partial charge < -0.3 is 14.2 Å². The highest BCUT2D eigenvalue weighted by molar-refractivity contribution is 6.14. The van der Waals surface area contributed by atoms with Gasteiger partial charge >= 0.3 is 18.2 Å². The van der Waals surface area contributed by atoms with Crippen molar-refractivity contribution >= 4 is 35.4 Å². The van der Waals surface area contributed by atoms with Gasteiger partial charge in [-0.2, -0.15) is 0 Å². The molecule has 2 atom stereocenters. The zero-order valence-electron chi connectivity index (χ0n) is 30.3. The summed E-state index contributed by atoms with van der Waals surface area (Å²) in [5.74, 6) is -1.89. The molecule has 272 valence electrons. The molecule has 3 aromatic carbocycles. The molecule has 4 aromatic rings. The van der Waals surface area contributed by atoms with E-state index in [0.717, 1.165) is 10.5 Å². The number of fused-ring (bicyclic) bond motifs is 1. The fraction of sp³-hybridized carbons (Fsp3) is 0.350. The molecule has 52 heavy (non-hydrogen) atoms. The molecule has 0 fully saturated rings. The Labute approximate surface area is 302 Å². The molecule has 0 bridgehead atoms. The van der Waals surface area contributed by atoms with Gasteiger partial charge in [-0.3, -0.25) is 23.9 Å². The Bertz CT molecular complexity index is 1950. The van der Waals surface area contributed by atoms with Gasteiger partial charge in [-0.05, 0) is 71.2 Å². The minimum atomic E-state index is -1.30. The van der Waals surface area contributed by atoms with Crippen LogP contribution in [0.3, 0.4) is 0 Å². The maximum atomic E-state index is 14.7. The van der Waals surface area contributed by atoms with Crippen molar-refractivity contribution in [2.75, 3.05) is 9.80 Å². The number of nitrogens with zero attached hydrogens (tertiary/aromatic N) is 4. The lowest BCUT2D eigenvalue weighted by molar-refractivity contribution is -0.155. The number of rotatable bonds is 9. The molecule has 0 saturated carbocycles. The minimum absolute atomic E-state index is 0.0429. The molecule has 5 rings (SSSR count). The van der Waals surface area contributed by atoms with E-state index in [1.165, 1.54) is 15.7 Å². The molecule has 12 nitrogen and oxygen atoms in total. The highest BCUT2D eigenvalue weighted by Gasteiger charge is 2.44. The van der Waals surface area contributed by atoms with Gasteiger partial charge in [0.25, 0.3) is 11.5 Å². The Balaban J connectivity index is 1.60. The lowest BCUT2D eigenvalue weighted by atomic mass is 9.99. The number of ether oxygens (including phenoxy) is 3. The van der Waals surface area contributed by atoms with E-state index in [4.69, 9.17) is 14.2 Å². The van der Waals surface area contributed by atoms with Gasteiger partial charge in [-0.25, -0.2) is 19.5 Å². The Morgan fingerprint density at radius 2 is 1.33 bits per heavy atom. The molecule has 0 spiro atoms. The van der Waals surface area contributed by atoms with E-state index in [-0.39, 0.29) is 43.2 Å². The number of carbonyl (C=O) groups excluding carboxylic acids is 4. The van der Waals surface area contributed by atoms with Crippen molar-refractivity contribution in [1.29, 1.82) is 0 Å². The van der Waals surface area contributed by atoms with E-state index in [1.54, 1.807) is 96.1 Å². The van der Waals surface area contributed by atoms with Gasteiger partial charge in [0.15, 0.2) is 0 Å². The van der Waals surface area contributed by atoms with Gasteiger partial charge in [0.1, 0.15) is 35.4 Å². The lowest BCUT2D eigenvalue weighted by Crippen LogP contribution is -2.46. The van der Waals surface area contributed by atoms with Crippen molar-refractivity contribution < 1.29 is 33.4 Å². The van der Waals surface area contributed by atoms with Crippen molar-refractivity contribution in [2.45, 2.75) is 90.7 Å². The molecule has 0 N–H and O–H groups in total. The maximum absolute atomic E-state index is 14.7. The summed E-state index contributed by atoms with van der Waals surface area (Å²) in [6.07, 6.45) is -0.713. The summed E-state index contributed by atoms with van der Waals surface area (Å²) in [6, 6.07) is 25.1. The number of aromatic nitrogens is 2. The van der Waals surface area contributed by atoms with Gasteiger partial charge in [0, 0.05) is 5.92 Å². The smallest absolute Gasteiger partial charge is 0.421 e. The first-order chi connectivity index (χ1) is 24.6. The Morgan fingerprint density at radius 1 is 0.769 bits per heavy atom. The predicted molar refractivity (Wildman–Crippen MR) is 195 cm³/mol. The zero-order chi connectivity index (χ0) is 37.6. The standard InChI is InChI=1S/C40H44N4O8/c1-39(2,3)51-33(45)23-29-22-31(35(46)43(30-20-14-9-15-21-30)38(49)52-40(4,5)6)44-34(29)41-24-32(36(44)47)42(25-27-16-10-7-11-17-27)37(48)50-26-28-18-12-8-13-19-28/h7-21,24,29,31H,22-23,25-26H2,1-6H3/t29-,31+/m1/s1. The summed E-state index contributed by atoms with van der Waals surface area (Å²) in [5.41, 5.74) is -0.907. The average molecular weight is 709 g/mol. The van der Waals surface area contributed by atoms with Crippen LogP contribution in [0.2, 0.25) is 0 Å². The maximum Gasteiger partial charge on any atom is 0.421 e. The van der Waals surface area contributed by atoms with Crippen molar-refractivity contribution in [3.63, 3.8) is 0 Å². The first-order valence-corrected chi connectivity index (χ1v) is 17.1. The van der Waals surface area contributed by atoms with Crippen LogP contribution in [0.5, 0.6) is 0 Å². The number of para-hydroxylation sites is 1. The van der Waals surface area contributed by atoms with E-state index in [2.05, 4.69) is 4.98 Å². The molecule has 3 amide bonds. The molecule has 1 aliphatic heterocycles. The average Bonchev–Trinajstić information content (AvgIpc) is 3.45. The van der Waals surface area contributed by atoms with Crippen LogP contribution in [0.15, 0.2) is 102 Å². The minimum Gasteiger partial charge on any atom is -0.460 e. The first-order valence-electron chi connectivity index (χ1n) is 17.1. The number of hydrogen-bond acceptors (Lipinski definition) is 9. The van der Waals surface area contributed by atoms with E-state index in [0.29, 0.717) is 5.56 Å². The highest BCUT2D eigenvalue weighted by Crippen LogP contribution is 2.39. The lowest BCUT2D eigenvalue weighted by Gasteiger charge is -2.28. The summed E-state index contributed by atoms with van der Waals surface area (Å²) in [5, 5.41) is 0. The van der Waals surface area contributed by atoms with E-state index >= 15 is 0 Å². The summed E-state index contributed by atoms with van der Waals surface area (Å²) in [7, 11) is 0. The third-order valence-electron chi connectivity index (χ3n) is 8.02. The number of imide groups is 1. The van der Waals surface area contributed by atoms with Gasteiger partial charge in [-0.1, -0.05) is 78.9 Å². The second kappa shape index (κ2) is 15.6. The fourth-order valence-electron chi connectivity index (χ4n) is 5.88. The predicted octanol–water partition coefficient (Wildman–Crippen LogP) is 7.32.